The molecule has 0 fully saturated rings. The fraction of sp³-hybridized carbons (Fsp3) is 0. The van der Waals surface area contributed by atoms with Gasteiger partial charge in [0.1, 0.15) is 5.82 Å². The molecule has 3 rings (SSSR count). The van der Waals surface area contributed by atoms with Gasteiger partial charge in [-0.1, -0.05) is 54.6 Å². The highest BCUT2D eigenvalue weighted by atomic mass is 32.2. The first-order valence-electron chi connectivity index (χ1n) is 6.23. The lowest BCUT2D eigenvalue weighted by molar-refractivity contribution is 0.480. The van der Waals surface area contributed by atoms with Gasteiger partial charge in [0.2, 0.25) is 0 Å². The second kappa shape index (κ2) is 5.16. The Morgan fingerprint density at radius 1 is 0.905 bits per heavy atom. The number of hydrogen-bond acceptors (Lipinski definition) is 3. The molecule has 2 N–H and O–H groups in total. The topological polar surface area (TPSA) is 83.1 Å². The third-order valence-corrected chi connectivity index (χ3v) is 3.86. The van der Waals surface area contributed by atoms with E-state index in [4.69, 9.17) is 4.55 Å². The third-order valence-electron chi connectivity index (χ3n) is 3.10. The van der Waals surface area contributed by atoms with E-state index in [0.29, 0.717) is 5.82 Å². The van der Waals surface area contributed by atoms with Crippen LogP contribution >= 0.6 is 0 Å². The normalized spacial score (nSPS) is 11.5. The molecule has 6 heteroatoms. The van der Waals surface area contributed by atoms with Crippen LogP contribution in [0.5, 0.6) is 0 Å². The first-order valence-corrected chi connectivity index (χ1v) is 7.67. The Labute approximate surface area is 122 Å². The van der Waals surface area contributed by atoms with Gasteiger partial charge in [-0.15, -0.1) is 0 Å². The second-order valence-corrected chi connectivity index (χ2v) is 5.87. The Kier molecular flexibility index (Phi) is 3.32. The fourth-order valence-electron chi connectivity index (χ4n) is 2.13. The summed E-state index contributed by atoms with van der Waals surface area (Å²) in [6.07, 6.45) is 1.10. The molecule has 0 bridgehead atoms. The first kappa shape index (κ1) is 13.5. The van der Waals surface area contributed by atoms with Gasteiger partial charge in [-0.3, -0.25) is 4.55 Å². The Balaban J connectivity index is 2.14. The van der Waals surface area contributed by atoms with Crippen molar-refractivity contribution in [2.24, 2.45) is 0 Å². The van der Waals surface area contributed by atoms with Crippen LogP contribution in [0, 0.1) is 0 Å². The van der Waals surface area contributed by atoms with Gasteiger partial charge in [0.05, 0.1) is 6.20 Å². The van der Waals surface area contributed by atoms with Crippen LogP contribution in [0.1, 0.15) is 0 Å². The minimum absolute atomic E-state index is 0.319. The molecule has 2 aromatic carbocycles. The Morgan fingerprint density at radius 2 is 1.52 bits per heavy atom. The van der Waals surface area contributed by atoms with E-state index in [1.54, 1.807) is 0 Å². The molecule has 0 atom stereocenters. The van der Waals surface area contributed by atoms with Gasteiger partial charge < -0.3 is 4.98 Å². The van der Waals surface area contributed by atoms with Gasteiger partial charge in [0, 0.05) is 5.56 Å². The van der Waals surface area contributed by atoms with Crippen LogP contribution in [0.2, 0.25) is 0 Å². The number of nitrogens with one attached hydrogen (secondary N) is 1. The van der Waals surface area contributed by atoms with Crippen LogP contribution in [-0.4, -0.2) is 22.9 Å². The van der Waals surface area contributed by atoms with Crippen molar-refractivity contribution in [1.29, 1.82) is 0 Å². The highest BCUT2D eigenvalue weighted by molar-refractivity contribution is 7.85. The van der Waals surface area contributed by atoms with Crippen LogP contribution < -0.4 is 0 Å². The summed E-state index contributed by atoms with van der Waals surface area (Å²) in [6.45, 7) is 0. The van der Waals surface area contributed by atoms with Crippen molar-refractivity contribution in [2.75, 3.05) is 0 Å². The van der Waals surface area contributed by atoms with Gasteiger partial charge in [-0.05, 0) is 11.1 Å². The van der Waals surface area contributed by atoms with E-state index in [-0.39, 0.29) is 5.03 Å². The summed E-state index contributed by atoms with van der Waals surface area (Å²) in [5, 5.41) is -0.319. The molecular weight excluding hydrogens is 288 g/mol. The number of aromatic amines is 1. The maximum Gasteiger partial charge on any atom is 0.311 e. The lowest BCUT2D eigenvalue weighted by Crippen LogP contribution is -1.97. The van der Waals surface area contributed by atoms with Gasteiger partial charge in [-0.25, -0.2) is 4.98 Å². The highest BCUT2D eigenvalue weighted by Gasteiger charge is 2.15. The van der Waals surface area contributed by atoms with Crippen molar-refractivity contribution in [2.45, 2.75) is 5.03 Å². The lowest BCUT2D eigenvalue weighted by atomic mass is 9.99. The zero-order valence-electron chi connectivity index (χ0n) is 10.9. The molecule has 106 valence electrons. The molecule has 0 aliphatic rings. The minimum atomic E-state index is -4.29. The summed E-state index contributed by atoms with van der Waals surface area (Å²) in [5.74, 6) is 0.391. The van der Waals surface area contributed by atoms with Crippen molar-refractivity contribution < 1.29 is 13.0 Å². The molecule has 3 aromatic rings. The maximum atomic E-state index is 11.1. The van der Waals surface area contributed by atoms with Crippen LogP contribution in [0.3, 0.4) is 0 Å². The number of rotatable bonds is 3. The van der Waals surface area contributed by atoms with E-state index in [1.807, 2.05) is 54.6 Å². The molecule has 21 heavy (non-hydrogen) atoms. The molecule has 0 saturated heterocycles. The van der Waals surface area contributed by atoms with Crippen LogP contribution in [0.4, 0.5) is 0 Å². The smallest absolute Gasteiger partial charge is 0.311 e. The average Bonchev–Trinajstić information content (AvgIpc) is 2.98. The van der Waals surface area contributed by atoms with Gasteiger partial charge in [0.25, 0.3) is 0 Å². The number of benzene rings is 2. The number of hydrogen-bond donors (Lipinski definition) is 2. The molecule has 5 nitrogen and oxygen atoms in total. The zero-order valence-corrected chi connectivity index (χ0v) is 11.7. The monoisotopic (exact) mass is 300 g/mol. The predicted octanol–water partition coefficient (Wildman–Crippen LogP) is 2.99. The zero-order chi connectivity index (χ0) is 14.9. The standard InChI is InChI=1S/C15H12N2O3S/c18-21(19,20)14-10-16-15(17-14)13-9-5-4-8-12(13)11-6-2-1-3-7-11/h1-10H,(H,16,17)(H,18,19,20). The second-order valence-electron chi connectivity index (χ2n) is 4.48. The van der Waals surface area contributed by atoms with E-state index >= 15 is 0 Å². The molecule has 0 saturated carbocycles. The minimum Gasteiger partial charge on any atom is -0.327 e. The molecule has 0 radical (unpaired) electrons. The van der Waals surface area contributed by atoms with Crippen molar-refractivity contribution in [3.63, 3.8) is 0 Å². The van der Waals surface area contributed by atoms with Crippen molar-refractivity contribution >= 4 is 10.1 Å². The number of nitrogens with zero attached hydrogens (tertiary/aromatic N) is 1. The summed E-state index contributed by atoms with van der Waals surface area (Å²) >= 11 is 0. The largest absolute Gasteiger partial charge is 0.327 e. The first-order chi connectivity index (χ1) is 10.1. The SMILES string of the molecule is O=S(=O)(O)c1cnc(-c2ccccc2-c2ccccc2)[nH]1. The van der Waals surface area contributed by atoms with E-state index in [0.717, 1.165) is 22.9 Å². The van der Waals surface area contributed by atoms with Crippen LogP contribution in [-0.2, 0) is 10.1 Å². The van der Waals surface area contributed by atoms with E-state index in [2.05, 4.69) is 9.97 Å². The average molecular weight is 300 g/mol. The molecule has 0 unspecified atom stereocenters. The van der Waals surface area contributed by atoms with Crippen molar-refractivity contribution in [1.82, 2.24) is 9.97 Å². The summed E-state index contributed by atoms with van der Waals surface area (Å²) < 4.78 is 31.3. The van der Waals surface area contributed by atoms with E-state index < -0.39 is 10.1 Å². The number of H-pyrrole nitrogens is 1. The molecule has 0 aliphatic carbocycles. The summed E-state index contributed by atoms with van der Waals surface area (Å²) in [5.41, 5.74) is 2.69. The summed E-state index contributed by atoms with van der Waals surface area (Å²) in [6, 6.07) is 17.2. The molecule has 0 amide bonds. The van der Waals surface area contributed by atoms with E-state index in [9.17, 15) is 8.42 Å². The maximum absolute atomic E-state index is 11.1. The Bertz CT molecular complexity index is 871. The summed E-state index contributed by atoms with van der Waals surface area (Å²) in [7, 11) is -4.29. The predicted molar refractivity (Wildman–Crippen MR) is 79.3 cm³/mol. The molecule has 1 aromatic heterocycles. The van der Waals surface area contributed by atoms with Gasteiger partial charge >= 0.3 is 10.1 Å². The lowest BCUT2D eigenvalue weighted by Gasteiger charge is -2.07. The van der Waals surface area contributed by atoms with Crippen LogP contribution in [0.25, 0.3) is 22.5 Å². The molecular formula is C15H12N2O3S. The van der Waals surface area contributed by atoms with E-state index in [1.165, 1.54) is 0 Å². The summed E-state index contributed by atoms with van der Waals surface area (Å²) in [4.78, 5) is 6.67. The third kappa shape index (κ3) is 2.72. The van der Waals surface area contributed by atoms with Crippen molar-refractivity contribution in [3.05, 3.63) is 60.8 Å². The number of aromatic nitrogens is 2. The number of imidazole rings is 1. The van der Waals surface area contributed by atoms with Gasteiger partial charge in [-0.2, -0.15) is 8.42 Å². The molecule has 1 heterocycles. The Morgan fingerprint density at radius 3 is 2.14 bits per heavy atom. The van der Waals surface area contributed by atoms with Crippen molar-refractivity contribution in [3.8, 4) is 22.5 Å². The highest BCUT2D eigenvalue weighted by Crippen LogP contribution is 2.30. The van der Waals surface area contributed by atoms with Gasteiger partial charge in [0.15, 0.2) is 5.03 Å². The fourth-order valence-corrected chi connectivity index (χ4v) is 2.54. The van der Waals surface area contributed by atoms with Crippen LogP contribution in [0.15, 0.2) is 65.8 Å². The Hall–Kier alpha value is -2.44. The molecule has 0 aliphatic heterocycles. The molecule has 0 spiro atoms. The quantitative estimate of drug-likeness (QED) is 0.728.